The van der Waals surface area contributed by atoms with Gasteiger partial charge >= 0.3 is 5.97 Å². The van der Waals surface area contributed by atoms with Crippen molar-refractivity contribution in [2.75, 3.05) is 12.8 Å². The highest BCUT2D eigenvalue weighted by Crippen LogP contribution is 2.32. The molecule has 0 aliphatic rings. The first-order valence-electron chi connectivity index (χ1n) is 5.51. The Morgan fingerprint density at radius 3 is 2.47 bits per heavy atom. The summed E-state index contributed by atoms with van der Waals surface area (Å²) < 4.78 is 5.72. The summed E-state index contributed by atoms with van der Waals surface area (Å²) in [5, 5.41) is 0. The third-order valence-corrected chi connectivity index (χ3v) is 4.80. The van der Waals surface area contributed by atoms with Gasteiger partial charge in [-0.05, 0) is 65.1 Å². The van der Waals surface area contributed by atoms with Gasteiger partial charge in [0.25, 0.3) is 0 Å². The zero-order valence-corrected chi connectivity index (χ0v) is 13.2. The normalized spacial score (nSPS) is 10.2. The number of hydrogen-bond acceptors (Lipinski definition) is 4. The van der Waals surface area contributed by atoms with Gasteiger partial charge in [-0.1, -0.05) is 11.8 Å². The molecule has 0 spiro atoms. The van der Waals surface area contributed by atoms with Gasteiger partial charge in [-0.25, -0.2) is 4.79 Å². The Bertz CT molecular complexity index is 599. The molecular formula is C14H12INO2S. The lowest BCUT2D eigenvalue weighted by atomic mass is 10.2. The van der Waals surface area contributed by atoms with E-state index in [4.69, 9.17) is 10.5 Å². The van der Waals surface area contributed by atoms with Crippen LogP contribution in [0.3, 0.4) is 0 Å². The predicted octanol–water partition coefficient (Wildman–Crippen LogP) is 3.81. The van der Waals surface area contributed by atoms with Crippen LogP contribution in [-0.2, 0) is 4.74 Å². The zero-order chi connectivity index (χ0) is 13.8. The highest BCUT2D eigenvalue weighted by molar-refractivity contribution is 14.1. The minimum absolute atomic E-state index is 0.318. The van der Waals surface area contributed by atoms with Crippen molar-refractivity contribution in [1.82, 2.24) is 0 Å². The van der Waals surface area contributed by atoms with Crippen LogP contribution in [0.4, 0.5) is 5.69 Å². The van der Waals surface area contributed by atoms with Gasteiger partial charge in [-0.15, -0.1) is 0 Å². The molecule has 0 fully saturated rings. The molecule has 98 valence electrons. The van der Waals surface area contributed by atoms with E-state index in [1.165, 1.54) is 7.11 Å². The second-order valence-corrected chi connectivity index (χ2v) is 6.09. The number of carbonyl (C=O) groups is 1. The largest absolute Gasteiger partial charge is 0.465 e. The molecule has 0 aliphatic heterocycles. The predicted molar refractivity (Wildman–Crippen MR) is 85.5 cm³/mol. The summed E-state index contributed by atoms with van der Waals surface area (Å²) in [6.07, 6.45) is 0. The molecule has 2 aromatic rings. The maximum atomic E-state index is 11.4. The van der Waals surface area contributed by atoms with Crippen molar-refractivity contribution in [3.8, 4) is 0 Å². The van der Waals surface area contributed by atoms with Gasteiger partial charge < -0.3 is 10.5 Å². The van der Waals surface area contributed by atoms with Crippen molar-refractivity contribution in [1.29, 1.82) is 0 Å². The van der Waals surface area contributed by atoms with Crippen molar-refractivity contribution < 1.29 is 9.53 Å². The summed E-state index contributed by atoms with van der Waals surface area (Å²) in [5.41, 5.74) is 6.97. The molecule has 0 saturated heterocycles. The highest BCUT2D eigenvalue weighted by Gasteiger charge is 2.09. The average Bonchev–Trinajstić information content (AvgIpc) is 2.42. The Morgan fingerprint density at radius 1 is 1.21 bits per heavy atom. The first kappa shape index (κ1) is 14.2. The fourth-order valence-electron chi connectivity index (χ4n) is 1.49. The minimum Gasteiger partial charge on any atom is -0.465 e. The lowest BCUT2D eigenvalue weighted by Crippen LogP contribution is -2.01. The average molecular weight is 385 g/mol. The SMILES string of the molecule is COC(=O)c1ccc(Sc2ccc(N)cc2)c(I)c1. The monoisotopic (exact) mass is 385 g/mol. The molecule has 0 unspecified atom stereocenters. The maximum Gasteiger partial charge on any atom is 0.337 e. The smallest absolute Gasteiger partial charge is 0.337 e. The van der Waals surface area contributed by atoms with Gasteiger partial charge in [0.2, 0.25) is 0 Å². The lowest BCUT2D eigenvalue weighted by molar-refractivity contribution is 0.0600. The topological polar surface area (TPSA) is 52.3 Å². The number of nitrogen functional groups attached to an aromatic ring is 1. The van der Waals surface area contributed by atoms with Crippen molar-refractivity contribution >= 4 is 46.0 Å². The number of esters is 1. The van der Waals surface area contributed by atoms with E-state index in [0.29, 0.717) is 5.56 Å². The molecular weight excluding hydrogens is 373 g/mol. The van der Waals surface area contributed by atoms with Crippen LogP contribution in [0.5, 0.6) is 0 Å². The van der Waals surface area contributed by atoms with E-state index >= 15 is 0 Å². The second kappa shape index (κ2) is 6.29. The summed E-state index contributed by atoms with van der Waals surface area (Å²) >= 11 is 3.85. The number of carbonyl (C=O) groups excluding carboxylic acids is 1. The molecule has 2 aromatic carbocycles. The third-order valence-electron chi connectivity index (χ3n) is 2.46. The fourth-order valence-corrected chi connectivity index (χ4v) is 3.16. The number of anilines is 1. The molecule has 0 amide bonds. The quantitative estimate of drug-likeness (QED) is 0.496. The van der Waals surface area contributed by atoms with Gasteiger partial charge in [0, 0.05) is 19.0 Å². The van der Waals surface area contributed by atoms with Gasteiger partial charge in [-0.3, -0.25) is 0 Å². The molecule has 3 nitrogen and oxygen atoms in total. The van der Waals surface area contributed by atoms with Crippen LogP contribution in [0.1, 0.15) is 10.4 Å². The minimum atomic E-state index is -0.318. The summed E-state index contributed by atoms with van der Waals surface area (Å²) in [5.74, 6) is -0.318. The molecule has 0 saturated carbocycles. The van der Waals surface area contributed by atoms with Gasteiger partial charge in [0.05, 0.1) is 12.7 Å². The van der Waals surface area contributed by atoms with Gasteiger partial charge in [-0.2, -0.15) is 0 Å². The van der Waals surface area contributed by atoms with E-state index in [0.717, 1.165) is 19.0 Å². The van der Waals surface area contributed by atoms with E-state index in [-0.39, 0.29) is 5.97 Å². The molecule has 5 heteroatoms. The van der Waals surface area contributed by atoms with Crippen molar-refractivity contribution in [2.45, 2.75) is 9.79 Å². The Labute approximate surface area is 129 Å². The second-order valence-electron chi connectivity index (χ2n) is 3.81. The van der Waals surface area contributed by atoms with E-state index < -0.39 is 0 Å². The molecule has 0 aromatic heterocycles. The molecule has 0 radical (unpaired) electrons. The number of rotatable bonds is 3. The van der Waals surface area contributed by atoms with Crippen LogP contribution in [-0.4, -0.2) is 13.1 Å². The summed E-state index contributed by atoms with van der Waals surface area (Å²) in [7, 11) is 1.38. The van der Waals surface area contributed by atoms with Crippen LogP contribution < -0.4 is 5.73 Å². The molecule has 19 heavy (non-hydrogen) atoms. The Kier molecular flexibility index (Phi) is 4.71. The van der Waals surface area contributed by atoms with Crippen LogP contribution in [0, 0.1) is 3.57 Å². The van der Waals surface area contributed by atoms with Crippen LogP contribution in [0.25, 0.3) is 0 Å². The number of nitrogens with two attached hydrogens (primary N) is 1. The zero-order valence-electron chi connectivity index (χ0n) is 10.2. The number of ether oxygens (including phenoxy) is 1. The van der Waals surface area contributed by atoms with E-state index in [2.05, 4.69) is 22.6 Å². The van der Waals surface area contributed by atoms with Crippen LogP contribution >= 0.6 is 34.4 Å². The van der Waals surface area contributed by atoms with Crippen molar-refractivity contribution in [2.24, 2.45) is 0 Å². The fraction of sp³-hybridized carbons (Fsp3) is 0.0714. The number of methoxy groups -OCH3 is 1. The molecule has 0 atom stereocenters. The van der Waals surface area contributed by atoms with Crippen LogP contribution in [0.2, 0.25) is 0 Å². The van der Waals surface area contributed by atoms with Gasteiger partial charge in [0.1, 0.15) is 0 Å². The molecule has 0 heterocycles. The number of halogens is 1. The lowest BCUT2D eigenvalue weighted by Gasteiger charge is -2.06. The summed E-state index contributed by atoms with van der Waals surface area (Å²) in [6.45, 7) is 0. The highest BCUT2D eigenvalue weighted by atomic mass is 127. The first-order chi connectivity index (χ1) is 9.10. The first-order valence-corrected chi connectivity index (χ1v) is 7.41. The van der Waals surface area contributed by atoms with Crippen molar-refractivity contribution in [3.63, 3.8) is 0 Å². The molecule has 2 N–H and O–H groups in total. The van der Waals surface area contributed by atoms with Crippen LogP contribution in [0.15, 0.2) is 52.3 Å². The van der Waals surface area contributed by atoms with Gasteiger partial charge in [0.15, 0.2) is 0 Å². The Hall–Kier alpha value is -1.21. The Balaban J connectivity index is 2.22. The third kappa shape index (κ3) is 3.63. The molecule has 0 aliphatic carbocycles. The van der Waals surface area contributed by atoms with E-state index in [1.54, 1.807) is 17.8 Å². The summed E-state index contributed by atoms with van der Waals surface area (Å²) in [4.78, 5) is 13.6. The molecule has 2 rings (SSSR count). The number of hydrogen-bond donors (Lipinski definition) is 1. The number of benzene rings is 2. The Morgan fingerprint density at radius 2 is 1.89 bits per heavy atom. The maximum absolute atomic E-state index is 11.4. The standard InChI is InChI=1S/C14H12INO2S/c1-18-14(17)9-2-7-13(12(15)8-9)19-11-5-3-10(16)4-6-11/h2-8H,16H2,1H3. The molecule has 0 bridgehead atoms. The summed E-state index contributed by atoms with van der Waals surface area (Å²) in [6, 6.07) is 13.2. The van der Waals surface area contributed by atoms with Crippen molar-refractivity contribution in [3.05, 3.63) is 51.6 Å². The van der Waals surface area contributed by atoms with E-state index in [9.17, 15) is 4.79 Å². The van der Waals surface area contributed by atoms with E-state index in [1.807, 2.05) is 36.4 Å².